The zero-order valence-electron chi connectivity index (χ0n) is 9.82. The van der Waals surface area contributed by atoms with Crippen LogP contribution in [-0.4, -0.2) is 36.1 Å². The summed E-state index contributed by atoms with van der Waals surface area (Å²) in [6, 6.07) is 3.82. The third-order valence-electron chi connectivity index (χ3n) is 2.99. The highest BCUT2D eigenvalue weighted by Gasteiger charge is 2.10. The molecule has 2 rings (SSSR count). The number of nitrogens with two attached hydrogens (primary N) is 1. The molecule has 2 heterocycles. The first-order valence-corrected chi connectivity index (χ1v) is 5.91. The van der Waals surface area contributed by atoms with Crippen LogP contribution in [0.3, 0.4) is 0 Å². The zero-order chi connectivity index (χ0) is 12.1. The highest BCUT2D eigenvalue weighted by Crippen LogP contribution is 2.15. The number of hydrogen-bond acceptors (Lipinski definition) is 5. The third-order valence-corrected chi connectivity index (χ3v) is 2.99. The molecule has 1 aliphatic rings. The second-order valence-corrected chi connectivity index (χ2v) is 4.24. The SMILES string of the molecule is N#Cc1cnc(N)cc1NCCN1CCCC1. The molecule has 1 aromatic rings. The number of rotatable bonds is 4. The Morgan fingerprint density at radius 3 is 2.94 bits per heavy atom. The number of nitrogens with one attached hydrogen (secondary N) is 1. The molecule has 0 saturated carbocycles. The number of nitrogens with zero attached hydrogens (tertiary/aromatic N) is 3. The van der Waals surface area contributed by atoms with Crippen molar-refractivity contribution >= 4 is 11.5 Å². The van der Waals surface area contributed by atoms with Crippen molar-refractivity contribution in [3.8, 4) is 6.07 Å². The number of hydrogen-bond donors (Lipinski definition) is 2. The molecule has 1 fully saturated rings. The quantitative estimate of drug-likeness (QED) is 0.809. The highest BCUT2D eigenvalue weighted by atomic mass is 15.1. The Hall–Kier alpha value is -1.80. The van der Waals surface area contributed by atoms with Gasteiger partial charge in [-0.15, -0.1) is 0 Å². The van der Waals surface area contributed by atoms with Gasteiger partial charge >= 0.3 is 0 Å². The number of pyridine rings is 1. The van der Waals surface area contributed by atoms with E-state index in [0.29, 0.717) is 11.4 Å². The van der Waals surface area contributed by atoms with E-state index in [2.05, 4.69) is 21.3 Å². The molecule has 0 amide bonds. The monoisotopic (exact) mass is 231 g/mol. The van der Waals surface area contributed by atoms with E-state index in [0.717, 1.165) is 18.8 Å². The van der Waals surface area contributed by atoms with Crippen LogP contribution in [0, 0.1) is 11.3 Å². The van der Waals surface area contributed by atoms with Crippen LogP contribution in [0.15, 0.2) is 12.3 Å². The van der Waals surface area contributed by atoms with E-state index in [1.165, 1.54) is 32.1 Å². The molecule has 0 aromatic carbocycles. The van der Waals surface area contributed by atoms with Crippen LogP contribution in [-0.2, 0) is 0 Å². The van der Waals surface area contributed by atoms with E-state index in [9.17, 15) is 0 Å². The number of nitriles is 1. The van der Waals surface area contributed by atoms with Gasteiger partial charge in [0.15, 0.2) is 0 Å². The van der Waals surface area contributed by atoms with Gasteiger partial charge in [-0.1, -0.05) is 0 Å². The van der Waals surface area contributed by atoms with Crippen LogP contribution < -0.4 is 11.1 Å². The molecular weight excluding hydrogens is 214 g/mol. The molecule has 1 aliphatic heterocycles. The minimum Gasteiger partial charge on any atom is -0.384 e. The van der Waals surface area contributed by atoms with E-state index in [4.69, 9.17) is 11.0 Å². The summed E-state index contributed by atoms with van der Waals surface area (Å²) in [6.45, 7) is 4.21. The first-order chi connectivity index (χ1) is 8.29. The molecule has 0 unspecified atom stereocenters. The van der Waals surface area contributed by atoms with Gasteiger partial charge in [-0.2, -0.15) is 5.26 Å². The van der Waals surface area contributed by atoms with E-state index in [1.807, 2.05) is 0 Å². The van der Waals surface area contributed by atoms with Gasteiger partial charge in [-0.3, -0.25) is 0 Å². The summed E-state index contributed by atoms with van der Waals surface area (Å²) in [5, 5.41) is 12.2. The molecule has 0 radical (unpaired) electrons. The first kappa shape index (κ1) is 11.7. The predicted molar refractivity (Wildman–Crippen MR) is 67.5 cm³/mol. The van der Waals surface area contributed by atoms with Crippen LogP contribution in [0.25, 0.3) is 0 Å². The zero-order valence-corrected chi connectivity index (χ0v) is 9.82. The molecule has 0 aliphatic carbocycles. The summed E-state index contributed by atoms with van der Waals surface area (Å²) < 4.78 is 0. The van der Waals surface area contributed by atoms with Crippen molar-refractivity contribution in [1.29, 1.82) is 5.26 Å². The Morgan fingerprint density at radius 2 is 2.24 bits per heavy atom. The Kier molecular flexibility index (Phi) is 3.78. The van der Waals surface area contributed by atoms with E-state index in [1.54, 1.807) is 6.07 Å². The van der Waals surface area contributed by atoms with Crippen molar-refractivity contribution < 1.29 is 0 Å². The van der Waals surface area contributed by atoms with Gasteiger partial charge in [-0.25, -0.2) is 4.98 Å². The predicted octanol–water partition coefficient (Wildman–Crippen LogP) is 1.04. The lowest BCUT2D eigenvalue weighted by atomic mass is 10.2. The lowest BCUT2D eigenvalue weighted by molar-refractivity contribution is 0.352. The van der Waals surface area contributed by atoms with Crippen LogP contribution in [0.5, 0.6) is 0 Å². The van der Waals surface area contributed by atoms with Gasteiger partial charge in [0, 0.05) is 25.4 Å². The Bertz CT molecular complexity index is 417. The summed E-state index contributed by atoms with van der Waals surface area (Å²) >= 11 is 0. The van der Waals surface area contributed by atoms with Gasteiger partial charge in [0.2, 0.25) is 0 Å². The first-order valence-electron chi connectivity index (χ1n) is 5.91. The summed E-state index contributed by atoms with van der Waals surface area (Å²) in [5.74, 6) is 0.438. The van der Waals surface area contributed by atoms with Crippen LogP contribution in [0.2, 0.25) is 0 Å². The van der Waals surface area contributed by atoms with Gasteiger partial charge in [0.25, 0.3) is 0 Å². The molecule has 1 aromatic heterocycles. The number of anilines is 2. The molecule has 5 heteroatoms. The molecule has 90 valence electrons. The van der Waals surface area contributed by atoms with Gasteiger partial charge < -0.3 is 16.0 Å². The normalized spacial score (nSPS) is 15.7. The number of aromatic nitrogens is 1. The summed E-state index contributed by atoms with van der Waals surface area (Å²) in [4.78, 5) is 6.32. The van der Waals surface area contributed by atoms with Crippen molar-refractivity contribution in [2.45, 2.75) is 12.8 Å². The average Bonchev–Trinajstić information content (AvgIpc) is 2.82. The lowest BCUT2D eigenvalue weighted by Gasteiger charge is -2.15. The lowest BCUT2D eigenvalue weighted by Crippen LogP contribution is -2.26. The van der Waals surface area contributed by atoms with Gasteiger partial charge in [0.05, 0.1) is 11.3 Å². The second-order valence-electron chi connectivity index (χ2n) is 4.24. The number of likely N-dealkylation sites (tertiary alicyclic amines) is 1. The standard InChI is InChI=1S/C12H17N5/c13-8-10-9-16-12(14)7-11(10)15-3-6-17-4-1-2-5-17/h7,9H,1-6H2,(H3,14,15,16). The summed E-state index contributed by atoms with van der Waals surface area (Å²) in [6.07, 6.45) is 4.10. The number of nitrogen functional groups attached to an aromatic ring is 1. The topological polar surface area (TPSA) is 78.0 Å². The molecule has 0 spiro atoms. The van der Waals surface area contributed by atoms with E-state index in [-0.39, 0.29) is 0 Å². The Morgan fingerprint density at radius 1 is 1.47 bits per heavy atom. The second kappa shape index (κ2) is 5.51. The molecular formula is C12H17N5. The fourth-order valence-corrected chi connectivity index (χ4v) is 2.06. The Labute approximate surface area is 101 Å². The van der Waals surface area contributed by atoms with Crippen molar-refractivity contribution in [2.75, 3.05) is 37.2 Å². The van der Waals surface area contributed by atoms with Crippen LogP contribution >= 0.6 is 0 Å². The minimum absolute atomic E-state index is 0.438. The molecule has 0 bridgehead atoms. The van der Waals surface area contributed by atoms with Gasteiger partial charge in [0.1, 0.15) is 11.9 Å². The van der Waals surface area contributed by atoms with E-state index >= 15 is 0 Å². The van der Waals surface area contributed by atoms with Crippen LogP contribution in [0.1, 0.15) is 18.4 Å². The molecule has 1 saturated heterocycles. The maximum absolute atomic E-state index is 8.94. The fourth-order valence-electron chi connectivity index (χ4n) is 2.06. The average molecular weight is 231 g/mol. The molecule has 5 nitrogen and oxygen atoms in total. The maximum Gasteiger partial charge on any atom is 0.125 e. The van der Waals surface area contributed by atoms with Gasteiger partial charge in [-0.05, 0) is 25.9 Å². The molecule has 3 N–H and O–H groups in total. The van der Waals surface area contributed by atoms with Crippen molar-refractivity contribution in [3.05, 3.63) is 17.8 Å². The molecule has 17 heavy (non-hydrogen) atoms. The highest BCUT2D eigenvalue weighted by molar-refractivity contribution is 5.60. The van der Waals surface area contributed by atoms with Crippen LogP contribution in [0.4, 0.5) is 11.5 Å². The smallest absolute Gasteiger partial charge is 0.125 e. The van der Waals surface area contributed by atoms with Crippen molar-refractivity contribution in [2.24, 2.45) is 0 Å². The maximum atomic E-state index is 8.94. The minimum atomic E-state index is 0.438. The summed E-state index contributed by atoms with van der Waals surface area (Å²) in [7, 11) is 0. The summed E-state index contributed by atoms with van der Waals surface area (Å²) in [5.41, 5.74) is 6.92. The third kappa shape index (κ3) is 3.08. The van der Waals surface area contributed by atoms with E-state index < -0.39 is 0 Å². The van der Waals surface area contributed by atoms with Crippen molar-refractivity contribution in [3.63, 3.8) is 0 Å². The molecule has 0 atom stereocenters. The largest absolute Gasteiger partial charge is 0.384 e. The fraction of sp³-hybridized carbons (Fsp3) is 0.500. The Balaban J connectivity index is 1.89. The van der Waals surface area contributed by atoms with Crippen molar-refractivity contribution in [1.82, 2.24) is 9.88 Å².